The van der Waals surface area contributed by atoms with Crippen LogP contribution in [-0.2, 0) is 0 Å². The highest BCUT2D eigenvalue weighted by atomic mass is 14.9. The van der Waals surface area contributed by atoms with Crippen molar-refractivity contribution in [3.8, 4) is 11.1 Å². The quantitative estimate of drug-likeness (QED) is 0.573. The molecule has 0 saturated heterocycles. The summed E-state index contributed by atoms with van der Waals surface area (Å²) < 4.78 is 0. The number of fused-ring (bicyclic) bond motifs is 1. The number of rotatable bonds is 3. The summed E-state index contributed by atoms with van der Waals surface area (Å²) in [6.07, 6.45) is 5.64. The number of benzene rings is 3. The van der Waals surface area contributed by atoms with Crippen LogP contribution < -0.4 is 5.32 Å². The third-order valence-corrected chi connectivity index (χ3v) is 4.69. The molecular formula is C23H21N. The molecule has 1 aliphatic carbocycles. The van der Waals surface area contributed by atoms with Crippen molar-refractivity contribution < 1.29 is 0 Å². The summed E-state index contributed by atoms with van der Waals surface area (Å²) in [5.74, 6) is 0.615. The average molecular weight is 311 g/mol. The molecule has 1 nitrogen and oxygen atoms in total. The molecule has 1 N–H and O–H groups in total. The van der Waals surface area contributed by atoms with Gasteiger partial charge in [-0.1, -0.05) is 67.6 Å². The van der Waals surface area contributed by atoms with Crippen LogP contribution in [0.1, 0.15) is 30.4 Å². The maximum Gasteiger partial charge on any atom is 0.0390 e. The van der Waals surface area contributed by atoms with E-state index in [0.29, 0.717) is 5.92 Å². The second-order valence-corrected chi connectivity index (χ2v) is 6.45. The zero-order valence-corrected chi connectivity index (χ0v) is 13.9. The fraction of sp³-hybridized carbons (Fsp3) is 0.130. The van der Waals surface area contributed by atoms with Gasteiger partial charge in [-0.3, -0.25) is 0 Å². The van der Waals surface area contributed by atoms with Gasteiger partial charge in [-0.25, -0.2) is 0 Å². The van der Waals surface area contributed by atoms with Gasteiger partial charge in [0.25, 0.3) is 0 Å². The number of allylic oxidation sites excluding steroid dienone is 1. The molecule has 4 rings (SSSR count). The van der Waals surface area contributed by atoms with E-state index in [1.165, 1.54) is 22.3 Å². The maximum absolute atomic E-state index is 3.51. The summed E-state index contributed by atoms with van der Waals surface area (Å²) in [6, 6.07) is 25.8. The minimum absolute atomic E-state index is 0.615. The molecule has 0 spiro atoms. The standard InChI is InChI=1S/C23H21N/c1-17-6-5-9-20-16-22(14-15-23(17)20)24-21-12-10-19(11-13-21)18-7-3-2-4-8-18/h2-5,7-17,24H,6H2,1H3. The van der Waals surface area contributed by atoms with Crippen molar-refractivity contribution in [3.05, 3.63) is 90.0 Å². The van der Waals surface area contributed by atoms with Gasteiger partial charge in [0.2, 0.25) is 0 Å². The summed E-state index contributed by atoms with van der Waals surface area (Å²) >= 11 is 0. The van der Waals surface area contributed by atoms with Gasteiger partial charge in [0, 0.05) is 11.4 Å². The van der Waals surface area contributed by atoms with Crippen molar-refractivity contribution in [1.82, 2.24) is 0 Å². The topological polar surface area (TPSA) is 12.0 Å². The minimum atomic E-state index is 0.615. The van der Waals surface area contributed by atoms with Gasteiger partial charge in [-0.15, -0.1) is 0 Å². The van der Waals surface area contributed by atoms with Crippen LogP contribution in [-0.4, -0.2) is 0 Å². The summed E-state index contributed by atoms with van der Waals surface area (Å²) in [5, 5.41) is 3.51. The summed E-state index contributed by atoms with van der Waals surface area (Å²) in [5.41, 5.74) is 7.52. The first-order valence-corrected chi connectivity index (χ1v) is 8.52. The fourth-order valence-corrected chi connectivity index (χ4v) is 3.32. The van der Waals surface area contributed by atoms with E-state index in [4.69, 9.17) is 0 Å². The lowest BCUT2D eigenvalue weighted by molar-refractivity contribution is 0.772. The zero-order chi connectivity index (χ0) is 16.4. The predicted molar refractivity (Wildman–Crippen MR) is 104 cm³/mol. The Hall–Kier alpha value is -2.80. The fourth-order valence-electron chi connectivity index (χ4n) is 3.32. The maximum atomic E-state index is 3.51. The highest BCUT2D eigenvalue weighted by molar-refractivity contribution is 5.70. The molecule has 0 saturated carbocycles. The highest BCUT2D eigenvalue weighted by Gasteiger charge is 2.12. The Morgan fingerprint density at radius 1 is 0.792 bits per heavy atom. The van der Waals surface area contributed by atoms with Gasteiger partial charge in [-0.2, -0.15) is 0 Å². The smallest absolute Gasteiger partial charge is 0.0390 e. The molecule has 3 aromatic rings. The molecule has 0 radical (unpaired) electrons. The Balaban J connectivity index is 1.55. The predicted octanol–water partition coefficient (Wildman–Crippen LogP) is 6.62. The lowest BCUT2D eigenvalue weighted by Gasteiger charge is -2.19. The Morgan fingerprint density at radius 2 is 1.50 bits per heavy atom. The Kier molecular flexibility index (Phi) is 3.92. The van der Waals surface area contributed by atoms with Crippen molar-refractivity contribution in [3.63, 3.8) is 0 Å². The highest BCUT2D eigenvalue weighted by Crippen LogP contribution is 2.32. The molecule has 1 aliphatic rings. The van der Waals surface area contributed by atoms with Crippen LogP contribution in [0.4, 0.5) is 11.4 Å². The van der Waals surface area contributed by atoms with Crippen LogP contribution in [0.2, 0.25) is 0 Å². The summed E-state index contributed by atoms with van der Waals surface area (Å²) in [7, 11) is 0. The van der Waals surface area contributed by atoms with Gasteiger partial charge < -0.3 is 5.32 Å². The van der Waals surface area contributed by atoms with Crippen molar-refractivity contribution in [1.29, 1.82) is 0 Å². The molecule has 0 heterocycles. The largest absolute Gasteiger partial charge is 0.356 e. The SMILES string of the molecule is CC1CC=Cc2cc(Nc3ccc(-c4ccccc4)cc3)ccc21. The van der Waals surface area contributed by atoms with E-state index in [9.17, 15) is 0 Å². The Morgan fingerprint density at radius 3 is 2.29 bits per heavy atom. The second-order valence-electron chi connectivity index (χ2n) is 6.45. The second kappa shape index (κ2) is 6.37. The van der Waals surface area contributed by atoms with Crippen molar-refractivity contribution in [2.75, 3.05) is 5.32 Å². The molecule has 1 heteroatoms. The van der Waals surface area contributed by atoms with Gasteiger partial charge in [0.15, 0.2) is 0 Å². The number of nitrogens with one attached hydrogen (secondary N) is 1. The van der Waals surface area contributed by atoms with Crippen LogP contribution >= 0.6 is 0 Å². The molecule has 0 aromatic heterocycles. The van der Waals surface area contributed by atoms with Gasteiger partial charge in [-0.05, 0) is 58.9 Å². The zero-order valence-electron chi connectivity index (χ0n) is 13.9. The third kappa shape index (κ3) is 2.98. The average Bonchev–Trinajstić information content (AvgIpc) is 2.63. The lowest BCUT2D eigenvalue weighted by Crippen LogP contribution is -2.00. The van der Waals surface area contributed by atoms with Crippen LogP contribution in [0.25, 0.3) is 17.2 Å². The Bertz CT molecular complexity index is 860. The lowest BCUT2D eigenvalue weighted by atomic mass is 9.88. The molecule has 3 aromatic carbocycles. The third-order valence-electron chi connectivity index (χ3n) is 4.69. The molecule has 118 valence electrons. The number of anilines is 2. The molecule has 0 amide bonds. The Labute approximate surface area is 143 Å². The van der Waals surface area contributed by atoms with Gasteiger partial charge in [0.05, 0.1) is 0 Å². The van der Waals surface area contributed by atoms with E-state index in [-0.39, 0.29) is 0 Å². The van der Waals surface area contributed by atoms with Crippen LogP contribution in [0.15, 0.2) is 78.9 Å². The molecule has 0 aliphatic heterocycles. The van der Waals surface area contributed by atoms with E-state index in [1.54, 1.807) is 0 Å². The summed E-state index contributed by atoms with van der Waals surface area (Å²) in [4.78, 5) is 0. The number of hydrogen-bond acceptors (Lipinski definition) is 1. The van der Waals surface area contributed by atoms with Crippen LogP contribution in [0.3, 0.4) is 0 Å². The molecule has 0 bridgehead atoms. The van der Waals surface area contributed by atoms with E-state index in [2.05, 4.69) is 91.1 Å². The van der Waals surface area contributed by atoms with E-state index < -0.39 is 0 Å². The monoisotopic (exact) mass is 311 g/mol. The molecule has 24 heavy (non-hydrogen) atoms. The first-order chi connectivity index (χ1) is 11.8. The first kappa shape index (κ1) is 14.8. The normalized spacial score (nSPS) is 15.8. The van der Waals surface area contributed by atoms with Crippen LogP contribution in [0, 0.1) is 0 Å². The van der Waals surface area contributed by atoms with E-state index >= 15 is 0 Å². The molecule has 1 atom stereocenters. The minimum Gasteiger partial charge on any atom is -0.356 e. The van der Waals surface area contributed by atoms with E-state index in [1.807, 2.05) is 6.07 Å². The molecule has 1 unspecified atom stereocenters. The summed E-state index contributed by atoms with van der Waals surface area (Å²) in [6.45, 7) is 2.29. The van der Waals surface area contributed by atoms with Gasteiger partial charge >= 0.3 is 0 Å². The van der Waals surface area contributed by atoms with Crippen LogP contribution in [0.5, 0.6) is 0 Å². The van der Waals surface area contributed by atoms with Gasteiger partial charge in [0.1, 0.15) is 0 Å². The molecule has 0 fully saturated rings. The molecular weight excluding hydrogens is 290 g/mol. The number of hydrogen-bond donors (Lipinski definition) is 1. The van der Waals surface area contributed by atoms with Crippen molar-refractivity contribution >= 4 is 17.5 Å². The van der Waals surface area contributed by atoms with Crippen molar-refractivity contribution in [2.24, 2.45) is 0 Å². The van der Waals surface area contributed by atoms with E-state index in [0.717, 1.165) is 17.8 Å². The first-order valence-electron chi connectivity index (χ1n) is 8.52. The van der Waals surface area contributed by atoms with Crippen molar-refractivity contribution in [2.45, 2.75) is 19.3 Å².